The van der Waals surface area contributed by atoms with Crippen LogP contribution in [0.4, 0.5) is 0 Å². The van der Waals surface area contributed by atoms with Crippen LogP contribution in [0.3, 0.4) is 0 Å². The Hall–Kier alpha value is -1.28. The van der Waals surface area contributed by atoms with E-state index in [1.54, 1.807) is 12.1 Å². The van der Waals surface area contributed by atoms with Crippen molar-refractivity contribution >= 4 is 37.6 Å². The largest absolute Gasteiger partial charge is 0.486 e. The summed E-state index contributed by atoms with van der Waals surface area (Å²) in [4.78, 5) is 0.0644. The first-order valence-electron chi connectivity index (χ1n) is 7.29. The molecule has 3 rings (SSSR count). The Balaban J connectivity index is 1.65. The normalized spacial score (nSPS) is 13.8. The summed E-state index contributed by atoms with van der Waals surface area (Å²) in [6.07, 6.45) is 0.532. The number of rotatable bonds is 5. The molecule has 0 atom stereocenters. The van der Waals surface area contributed by atoms with Gasteiger partial charge in [-0.25, -0.2) is 13.1 Å². The minimum Gasteiger partial charge on any atom is -0.486 e. The van der Waals surface area contributed by atoms with E-state index in [0.29, 0.717) is 31.1 Å². The molecule has 1 heterocycles. The average Bonchev–Trinajstić information content (AvgIpc) is 2.54. The van der Waals surface area contributed by atoms with E-state index in [0.717, 1.165) is 10.0 Å². The number of fused-ring (bicyclic) bond motifs is 1. The molecule has 0 amide bonds. The van der Waals surface area contributed by atoms with Crippen molar-refractivity contribution in [2.45, 2.75) is 11.3 Å². The SMILES string of the molecule is O=S(=O)(NCCc1ccc2c(c1)OCCO2)c1ccc(Br)cc1Cl. The summed E-state index contributed by atoms with van der Waals surface area (Å²) in [5.41, 5.74) is 0.962. The van der Waals surface area contributed by atoms with E-state index >= 15 is 0 Å². The molecule has 24 heavy (non-hydrogen) atoms. The molecule has 0 spiro atoms. The zero-order valence-corrected chi connectivity index (χ0v) is 15.7. The van der Waals surface area contributed by atoms with Gasteiger partial charge in [0.05, 0.1) is 5.02 Å². The summed E-state index contributed by atoms with van der Waals surface area (Å²) in [7, 11) is -3.65. The predicted octanol–water partition coefficient (Wildman–Crippen LogP) is 3.39. The van der Waals surface area contributed by atoms with Crippen LogP contribution in [-0.2, 0) is 16.4 Å². The molecule has 1 N–H and O–H groups in total. The highest BCUT2D eigenvalue weighted by atomic mass is 79.9. The number of ether oxygens (including phenoxy) is 2. The van der Waals surface area contributed by atoms with Crippen molar-refractivity contribution < 1.29 is 17.9 Å². The van der Waals surface area contributed by atoms with Gasteiger partial charge in [-0.05, 0) is 42.3 Å². The fourth-order valence-corrected chi connectivity index (χ4v) is 4.41. The fourth-order valence-electron chi connectivity index (χ4n) is 2.34. The molecule has 8 heteroatoms. The highest BCUT2D eigenvalue weighted by Crippen LogP contribution is 2.31. The van der Waals surface area contributed by atoms with Crippen LogP contribution in [0.2, 0.25) is 5.02 Å². The van der Waals surface area contributed by atoms with Crippen LogP contribution < -0.4 is 14.2 Å². The van der Waals surface area contributed by atoms with Crippen molar-refractivity contribution in [2.75, 3.05) is 19.8 Å². The first-order chi connectivity index (χ1) is 11.5. The number of benzene rings is 2. The van der Waals surface area contributed by atoms with Gasteiger partial charge in [0.15, 0.2) is 11.5 Å². The molecule has 0 fully saturated rings. The zero-order valence-electron chi connectivity index (χ0n) is 12.6. The van der Waals surface area contributed by atoms with Crippen molar-refractivity contribution in [2.24, 2.45) is 0 Å². The molecular formula is C16H15BrClNO4S. The molecule has 0 saturated carbocycles. The van der Waals surface area contributed by atoms with Gasteiger partial charge in [-0.2, -0.15) is 0 Å². The van der Waals surface area contributed by atoms with Gasteiger partial charge in [0.1, 0.15) is 18.1 Å². The van der Waals surface area contributed by atoms with Crippen LogP contribution >= 0.6 is 27.5 Å². The molecule has 2 aromatic rings. The lowest BCUT2D eigenvalue weighted by Gasteiger charge is -2.18. The number of hydrogen-bond acceptors (Lipinski definition) is 4. The quantitative estimate of drug-likeness (QED) is 0.786. The third-order valence-corrected chi connectivity index (χ3v) is 5.93. The van der Waals surface area contributed by atoms with Crippen LogP contribution in [0.15, 0.2) is 45.8 Å². The zero-order chi connectivity index (χ0) is 17.2. The number of halogens is 2. The predicted molar refractivity (Wildman–Crippen MR) is 95.5 cm³/mol. The lowest BCUT2D eigenvalue weighted by atomic mass is 10.1. The summed E-state index contributed by atoms with van der Waals surface area (Å²) in [5, 5.41) is 0.177. The van der Waals surface area contributed by atoms with Crippen molar-refractivity contribution in [1.29, 1.82) is 0 Å². The highest BCUT2D eigenvalue weighted by molar-refractivity contribution is 9.10. The van der Waals surface area contributed by atoms with Gasteiger partial charge in [0.2, 0.25) is 10.0 Å². The van der Waals surface area contributed by atoms with Gasteiger partial charge in [-0.3, -0.25) is 0 Å². The van der Waals surface area contributed by atoms with E-state index in [9.17, 15) is 8.42 Å². The Labute approximate surface area is 154 Å². The number of nitrogens with one attached hydrogen (secondary N) is 1. The average molecular weight is 433 g/mol. The maximum Gasteiger partial charge on any atom is 0.242 e. The summed E-state index contributed by atoms with van der Waals surface area (Å²) in [6.45, 7) is 1.32. The summed E-state index contributed by atoms with van der Waals surface area (Å²) in [6, 6.07) is 10.3. The van der Waals surface area contributed by atoms with E-state index in [-0.39, 0.29) is 16.5 Å². The van der Waals surface area contributed by atoms with Crippen LogP contribution in [0, 0.1) is 0 Å². The molecule has 0 radical (unpaired) electrons. The topological polar surface area (TPSA) is 64.6 Å². The standard InChI is InChI=1S/C16H15BrClNO4S/c17-12-2-4-16(13(18)10-12)24(20,21)19-6-5-11-1-3-14-15(9-11)23-8-7-22-14/h1-4,9-10,19H,5-8H2. The van der Waals surface area contributed by atoms with Crippen LogP contribution in [0.25, 0.3) is 0 Å². The summed E-state index contributed by atoms with van der Waals surface area (Å²) >= 11 is 9.26. The molecule has 2 aromatic carbocycles. The van der Waals surface area contributed by atoms with Crippen LogP contribution in [0.1, 0.15) is 5.56 Å². The van der Waals surface area contributed by atoms with Crippen molar-refractivity contribution in [3.8, 4) is 11.5 Å². The van der Waals surface area contributed by atoms with E-state index in [2.05, 4.69) is 20.7 Å². The first kappa shape index (κ1) is 17.5. The van der Waals surface area contributed by atoms with Crippen molar-refractivity contribution in [1.82, 2.24) is 4.72 Å². The van der Waals surface area contributed by atoms with Crippen molar-refractivity contribution in [3.05, 3.63) is 51.5 Å². The number of hydrogen-bond donors (Lipinski definition) is 1. The number of sulfonamides is 1. The van der Waals surface area contributed by atoms with E-state index in [1.807, 2.05) is 18.2 Å². The smallest absolute Gasteiger partial charge is 0.242 e. The van der Waals surface area contributed by atoms with Gasteiger partial charge in [0.25, 0.3) is 0 Å². The molecule has 0 bridgehead atoms. The van der Waals surface area contributed by atoms with E-state index in [4.69, 9.17) is 21.1 Å². The second kappa shape index (κ2) is 7.31. The van der Waals surface area contributed by atoms with Gasteiger partial charge in [-0.15, -0.1) is 0 Å². The van der Waals surface area contributed by atoms with E-state index < -0.39 is 10.0 Å². The second-order valence-corrected chi connectivity index (χ2v) is 8.26. The Morgan fingerprint density at radius 3 is 2.58 bits per heavy atom. The molecule has 0 aromatic heterocycles. The molecule has 5 nitrogen and oxygen atoms in total. The Morgan fingerprint density at radius 2 is 1.83 bits per heavy atom. The van der Waals surface area contributed by atoms with Gasteiger partial charge in [-0.1, -0.05) is 33.6 Å². The molecule has 1 aliphatic rings. The molecule has 1 aliphatic heterocycles. The highest BCUT2D eigenvalue weighted by Gasteiger charge is 2.18. The molecule has 0 aliphatic carbocycles. The van der Waals surface area contributed by atoms with E-state index in [1.165, 1.54) is 6.07 Å². The van der Waals surface area contributed by atoms with Gasteiger partial charge >= 0.3 is 0 Å². The summed E-state index contributed by atoms with van der Waals surface area (Å²) in [5.74, 6) is 1.41. The maximum atomic E-state index is 12.3. The Bertz CT molecular complexity index is 857. The summed E-state index contributed by atoms with van der Waals surface area (Å²) < 4.78 is 38.9. The second-order valence-electron chi connectivity index (χ2n) is 5.20. The third kappa shape index (κ3) is 4.03. The maximum absolute atomic E-state index is 12.3. The monoisotopic (exact) mass is 431 g/mol. The lowest BCUT2D eigenvalue weighted by Crippen LogP contribution is -2.26. The fraction of sp³-hybridized carbons (Fsp3) is 0.250. The van der Waals surface area contributed by atoms with Gasteiger partial charge < -0.3 is 9.47 Å². The first-order valence-corrected chi connectivity index (χ1v) is 9.94. The van der Waals surface area contributed by atoms with Crippen LogP contribution in [-0.4, -0.2) is 28.2 Å². The van der Waals surface area contributed by atoms with Crippen LogP contribution in [0.5, 0.6) is 11.5 Å². The van der Waals surface area contributed by atoms with Gasteiger partial charge in [0, 0.05) is 11.0 Å². The minimum atomic E-state index is -3.65. The third-order valence-electron chi connectivity index (χ3n) is 3.50. The Morgan fingerprint density at radius 1 is 1.08 bits per heavy atom. The molecule has 0 unspecified atom stereocenters. The minimum absolute atomic E-state index is 0.0644. The molecule has 0 saturated heterocycles. The molecule has 128 valence electrons. The van der Waals surface area contributed by atoms with Crippen molar-refractivity contribution in [3.63, 3.8) is 0 Å². The Kier molecular flexibility index (Phi) is 5.34. The molecular weight excluding hydrogens is 418 g/mol. The lowest BCUT2D eigenvalue weighted by molar-refractivity contribution is 0.171.